The summed E-state index contributed by atoms with van der Waals surface area (Å²) >= 11 is 0. The molecule has 0 heterocycles. The summed E-state index contributed by atoms with van der Waals surface area (Å²) in [5.74, 6) is -1.69. The quantitative estimate of drug-likeness (QED) is 0.367. The average molecular weight is 306 g/mol. The third-order valence-electron chi connectivity index (χ3n) is 2.69. The number of carbonyl (C=O) groups is 2. The number of aryl methyl sites for hydroxylation is 1. The van der Waals surface area contributed by atoms with E-state index in [-0.39, 0.29) is 11.7 Å². The van der Waals surface area contributed by atoms with Crippen molar-refractivity contribution in [2.75, 3.05) is 0 Å². The number of hydrazone groups is 1. The van der Waals surface area contributed by atoms with E-state index in [0.717, 1.165) is 0 Å². The molecule has 2 N–H and O–H groups in total. The lowest BCUT2D eigenvalue weighted by molar-refractivity contribution is -0.385. The SMILES string of the molecule is CCc1ccc(/C=N\NC(=O)C(=O)NC(C)C)cc1[N+](=O)[O-]. The van der Waals surface area contributed by atoms with Crippen LogP contribution in [0.25, 0.3) is 0 Å². The minimum Gasteiger partial charge on any atom is -0.346 e. The second-order valence-electron chi connectivity index (χ2n) is 4.83. The summed E-state index contributed by atoms with van der Waals surface area (Å²) in [6, 6.07) is 4.48. The van der Waals surface area contributed by atoms with E-state index in [0.29, 0.717) is 17.5 Å². The lowest BCUT2D eigenvalue weighted by Gasteiger charge is -2.06. The molecule has 2 amide bonds. The maximum Gasteiger partial charge on any atom is 0.329 e. The molecule has 0 unspecified atom stereocenters. The molecule has 22 heavy (non-hydrogen) atoms. The van der Waals surface area contributed by atoms with Crippen LogP contribution in [-0.2, 0) is 16.0 Å². The van der Waals surface area contributed by atoms with Crippen LogP contribution >= 0.6 is 0 Å². The summed E-state index contributed by atoms with van der Waals surface area (Å²) < 4.78 is 0. The molecule has 0 radical (unpaired) electrons. The van der Waals surface area contributed by atoms with Crippen LogP contribution in [0.5, 0.6) is 0 Å². The third kappa shape index (κ3) is 4.97. The Hall–Kier alpha value is -2.77. The lowest BCUT2D eigenvalue weighted by Crippen LogP contribution is -2.41. The number of amides is 2. The van der Waals surface area contributed by atoms with Crippen LogP contribution in [0, 0.1) is 10.1 Å². The Bertz CT molecular complexity index is 611. The Kier molecular flexibility index (Phi) is 6.18. The number of nitrogens with one attached hydrogen (secondary N) is 2. The highest BCUT2D eigenvalue weighted by Gasteiger charge is 2.14. The molecule has 0 saturated heterocycles. The predicted molar refractivity (Wildman–Crippen MR) is 81.5 cm³/mol. The molecular weight excluding hydrogens is 288 g/mol. The van der Waals surface area contributed by atoms with E-state index in [2.05, 4.69) is 15.8 Å². The Balaban J connectivity index is 2.75. The fourth-order valence-electron chi connectivity index (χ4n) is 1.67. The standard InChI is InChI=1S/C14H18N4O4/c1-4-11-6-5-10(7-12(11)18(21)22)8-15-17-14(20)13(19)16-9(2)3/h5-9H,4H2,1-3H3,(H,16,19)(H,17,20)/b15-8-. The van der Waals surface area contributed by atoms with Gasteiger partial charge in [-0.15, -0.1) is 0 Å². The fourth-order valence-corrected chi connectivity index (χ4v) is 1.67. The molecule has 8 nitrogen and oxygen atoms in total. The molecule has 0 aromatic heterocycles. The number of rotatable bonds is 5. The molecule has 0 aliphatic carbocycles. The smallest absolute Gasteiger partial charge is 0.329 e. The average Bonchev–Trinajstić information content (AvgIpc) is 2.46. The largest absolute Gasteiger partial charge is 0.346 e. The molecule has 0 aliphatic rings. The number of nitrogens with zero attached hydrogens (tertiary/aromatic N) is 2. The summed E-state index contributed by atoms with van der Waals surface area (Å²) in [5.41, 5.74) is 3.12. The van der Waals surface area contributed by atoms with E-state index in [4.69, 9.17) is 0 Å². The highest BCUT2D eigenvalue weighted by Crippen LogP contribution is 2.19. The molecule has 0 bridgehead atoms. The Morgan fingerprint density at radius 3 is 2.59 bits per heavy atom. The summed E-state index contributed by atoms with van der Waals surface area (Å²) in [4.78, 5) is 33.2. The first kappa shape index (κ1) is 17.3. The molecule has 0 aliphatic heterocycles. The molecule has 0 atom stereocenters. The van der Waals surface area contributed by atoms with Gasteiger partial charge in [-0.05, 0) is 20.3 Å². The molecule has 1 aromatic carbocycles. The highest BCUT2D eigenvalue weighted by atomic mass is 16.6. The number of nitro benzene ring substituents is 1. The van der Waals surface area contributed by atoms with Crippen molar-refractivity contribution in [1.82, 2.24) is 10.7 Å². The van der Waals surface area contributed by atoms with Crippen LogP contribution in [0.3, 0.4) is 0 Å². The maximum absolute atomic E-state index is 11.4. The number of hydrogen-bond acceptors (Lipinski definition) is 5. The fraction of sp³-hybridized carbons (Fsp3) is 0.357. The van der Waals surface area contributed by atoms with Gasteiger partial charge in [-0.3, -0.25) is 19.7 Å². The summed E-state index contributed by atoms with van der Waals surface area (Å²) in [6.07, 6.45) is 1.78. The van der Waals surface area contributed by atoms with Crippen molar-refractivity contribution >= 4 is 23.7 Å². The summed E-state index contributed by atoms with van der Waals surface area (Å²) in [7, 11) is 0. The van der Waals surface area contributed by atoms with Crippen molar-refractivity contribution in [1.29, 1.82) is 0 Å². The van der Waals surface area contributed by atoms with E-state index in [1.165, 1.54) is 12.3 Å². The third-order valence-corrected chi connectivity index (χ3v) is 2.69. The van der Waals surface area contributed by atoms with Gasteiger partial charge in [-0.1, -0.05) is 19.1 Å². The minimum absolute atomic E-state index is 0.00433. The summed E-state index contributed by atoms with van der Waals surface area (Å²) in [6.45, 7) is 5.27. The van der Waals surface area contributed by atoms with Crippen molar-refractivity contribution in [2.45, 2.75) is 33.2 Å². The normalized spacial score (nSPS) is 10.7. The zero-order chi connectivity index (χ0) is 16.7. The van der Waals surface area contributed by atoms with Gasteiger partial charge in [0.15, 0.2) is 0 Å². The van der Waals surface area contributed by atoms with Crippen LogP contribution in [0.1, 0.15) is 31.9 Å². The maximum atomic E-state index is 11.4. The minimum atomic E-state index is -0.898. The molecule has 0 spiro atoms. The van der Waals surface area contributed by atoms with E-state index < -0.39 is 16.7 Å². The first-order chi connectivity index (χ1) is 10.3. The Labute approximate surface area is 127 Å². The predicted octanol–water partition coefficient (Wildman–Crippen LogP) is 1.13. The Morgan fingerprint density at radius 1 is 1.36 bits per heavy atom. The first-order valence-corrected chi connectivity index (χ1v) is 6.76. The van der Waals surface area contributed by atoms with Gasteiger partial charge in [0, 0.05) is 23.2 Å². The second kappa shape index (κ2) is 7.87. The molecule has 1 aromatic rings. The molecule has 1 rings (SSSR count). The number of hydrogen-bond donors (Lipinski definition) is 2. The molecule has 0 saturated carbocycles. The zero-order valence-corrected chi connectivity index (χ0v) is 12.6. The van der Waals surface area contributed by atoms with Gasteiger partial charge in [0.05, 0.1) is 11.1 Å². The van der Waals surface area contributed by atoms with Gasteiger partial charge >= 0.3 is 11.8 Å². The Morgan fingerprint density at radius 2 is 2.05 bits per heavy atom. The first-order valence-electron chi connectivity index (χ1n) is 6.76. The van der Waals surface area contributed by atoms with Gasteiger partial charge < -0.3 is 5.32 Å². The van der Waals surface area contributed by atoms with Crippen LogP contribution in [0.4, 0.5) is 5.69 Å². The molecule has 8 heteroatoms. The molecular formula is C14H18N4O4. The number of nitro groups is 1. The zero-order valence-electron chi connectivity index (χ0n) is 12.6. The van der Waals surface area contributed by atoms with Crippen molar-refractivity contribution in [3.8, 4) is 0 Å². The van der Waals surface area contributed by atoms with E-state index >= 15 is 0 Å². The second-order valence-corrected chi connectivity index (χ2v) is 4.83. The molecule has 0 fully saturated rings. The van der Waals surface area contributed by atoms with Crippen LogP contribution in [0.15, 0.2) is 23.3 Å². The van der Waals surface area contributed by atoms with Crippen molar-refractivity contribution in [3.63, 3.8) is 0 Å². The van der Waals surface area contributed by atoms with E-state index in [1.54, 1.807) is 26.0 Å². The van der Waals surface area contributed by atoms with Gasteiger partial charge in [-0.2, -0.15) is 5.10 Å². The van der Waals surface area contributed by atoms with Crippen LogP contribution < -0.4 is 10.7 Å². The highest BCUT2D eigenvalue weighted by molar-refractivity contribution is 6.35. The van der Waals surface area contributed by atoms with Crippen molar-refractivity contribution in [3.05, 3.63) is 39.4 Å². The van der Waals surface area contributed by atoms with Crippen LogP contribution in [0.2, 0.25) is 0 Å². The van der Waals surface area contributed by atoms with E-state index in [1.807, 2.05) is 6.92 Å². The van der Waals surface area contributed by atoms with Crippen molar-refractivity contribution < 1.29 is 14.5 Å². The topological polar surface area (TPSA) is 114 Å². The van der Waals surface area contributed by atoms with Crippen molar-refractivity contribution in [2.24, 2.45) is 5.10 Å². The lowest BCUT2D eigenvalue weighted by atomic mass is 10.1. The van der Waals surface area contributed by atoms with Gasteiger partial charge in [0.1, 0.15) is 0 Å². The van der Waals surface area contributed by atoms with Crippen LogP contribution in [-0.4, -0.2) is 29.0 Å². The van der Waals surface area contributed by atoms with Gasteiger partial charge in [-0.25, -0.2) is 5.43 Å². The van der Waals surface area contributed by atoms with Gasteiger partial charge in [0.25, 0.3) is 5.69 Å². The monoisotopic (exact) mass is 306 g/mol. The summed E-state index contributed by atoms with van der Waals surface area (Å²) in [5, 5.41) is 17.0. The van der Waals surface area contributed by atoms with E-state index in [9.17, 15) is 19.7 Å². The number of benzene rings is 1. The number of carbonyl (C=O) groups excluding carboxylic acids is 2. The molecule has 118 valence electrons. The van der Waals surface area contributed by atoms with Gasteiger partial charge in [0.2, 0.25) is 0 Å².